The minimum atomic E-state index is -0.152. The van der Waals surface area contributed by atoms with Crippen LogP contribution in [0.5, 0.6) is 0 Å². The summed E-state index contributed by atoms with van der Waals surface area (Å²) in [5.74, 6) is 0. The molecule has 0 amide bonds. The third kappa shape index (κ3) is 2.56. The van der Waals surface area contributed by atoms with Crippen LogP contribution in [0, 0.1) is 0 Å². The fourth-order valence-electron chi connectivity index (χ4n) is 2.54. The molecule has 0 spiro atoms. The third-order valence-electron chi connectivity index (χ3n) is 3.57. The number of anilines is 1. The van der Waals surface area contributed by atoms with E-state index in [2.05, 4.69) is 10.00 Å². The summed E-state index contributed by atoms with van der Waals surface area (Å²) in [7, 11) is 0. The highest BCUT2D eigenvalue weighted by Crippen LogP contribution is 2.25. The van der Waals surface area contributed by atoms with Crippen molar-refractivity contribution in [2.75, 3.05) is 18.0 Å². The van der Waals surface area contributed by atoms with E-state index in [0.717, 1.165) is 37.3 Å². The monoisotopic (exact) mass is 289 g/mol. The summed E-state index contributed by atoms with van der Waals surface area (Å²) >= 11 is 6.27. The number of benzene rings is 1. The Morgan fingerprint density at radius 1 is 1.05 bits per heavy atom. The van der Waals surface area contributed by atoms with Gasteiger partial charge in [0.25, 0.3) is 5.56 Å². The van der Waals surface area contributed by atoms with Gasteiger partial charge in [0.1, 0.15) is 0 Å². The summed E-state index contributed by atoms with van der Waals surface area (Å²) in [4.78, 5) is 14.4. The Bertz CT molecular complexity index is 648. The van der Waals surface area contributed by atoms with Crippen molar-refractivity contribution in [3.8, 4) is 5.69 Å². The fraction of sp³-hybridized carbons (Fsp3) is 0.333. The van der Waals surface area contributed by atoms with Crippen LogP contribution < -0.4 is 10.5 Å². The molecule has 0 bridgehead atoms. The quantitative estimate of drug-likeness (QED) is 0.853. The second kappa shape index (κ2) is 5.67. The Labute approximate surface area is 122 Å². The van der Waals surface area contributed by atoms with Crippen LogP contribution in [0.2, 0.25) is 5.15 Å². The first-order valence-electron chi connectivity index (χ1n) is 6.86. The second-order valence-corrected chi connectivity index (χ2v) is 5.31. The maximum atomic E-state index is 12.3. The molecule has 0 saturated carbocycles. The predicted molar refractivity (Wildman–Crippen MR) is 80.9 cm³/mol. The van der Waals surface area contributed by atoms with Crippen molar-refractivity contribution in [3.63, 3.8) is 0 Å². The lowest BCUT2D eigenvalue weighted by Gasteiger charge is -2.29. The van der Waals surface area contributed by atoms with Crippen molar-refractivity contribution in [2.24, 2.45) is 0 Å². The van der Waals surface area contributed by atoms with Crippen molar-refractivity contribution in [1.82, 2.24) is 9.78 Å². The van der Waals surface area contributed by atoms with Crippen LogP contribution in [0.1, 0.15) is 19.3 Å². The van der Waals surface area contributed by atoms with Gasteiger partial charge in [-0.15, -0.1) is 0 Å². The molecule has 1 aromatic carbocycles. The molecular weight excluding hydrogens is 274 g/mol. The van der Waals surface area contributed by atoms with Crippen molar-refractivity contribution in [2.45, 2.75) is 19.3 Å². The van der Waals surface area contributed by atoms with E-state index in [0.29, 0.717) is 5.15 Å². The van der Waals surface area contributed by atoms with E-state index in [1.807, 2.05) is 30.3 Å². The maximum absolute atomic E-state index is 12.3. The molecule has 20 heavy (non-hydrogen) atoms. The van der Waals surface area contributed by atoms with Crippen LogP contribution in [0.3, 0.4) is 0 Å². The molecule has 3 rings (SSSR count). The van der Waals surface area contributed by atoms with E-state index in [-0.39, 0.29) is 5.56 Å². The van der Waals surface area contributed by atoms with Gasteiger partial charge in [-0.25, -0.2) is 0 Å². The number of halogens is 1. The van der Waals surface area contributed by atoms with Gasteiger partial charge in [-0.3, -0.25) is 4.79 Å². The normalized spacial score (nSPS) is 15.3. The number of piperidine rings is 1. The molecule has 1 saturated heterocycles. The molecule has 1 aliphatic rings. The summed E-state index contributed by atoms with van der Waals surface area (Å²) < 4.78 is 1.34. The van der Waals surface area contributed by atoms with Crippen molar-refractivity contribution in [1.29, 1.82) is 0 Å². The van der Waals surface area contributed by atoms with E-state index in [9.17, 15) is 4.79 Å². The fourth-order valence-corrected chi connectivity index (χ4v) is 2.79. The number of hydrogen-bond donors (Lipinski definition) is 0. The van der Waals surface area contributed by atoms with E-state index in [4.69, 9.17) is 11.6 Å². The molecule has 1 fully saturated rings. The smallest absolute Gasteiger partial charge is 0.273 e. The van der Waals surface area contributed by atoms with Crippen LogP contribution >= 0.6 is 11.6 Å². The highest BCUT2D eigenvalue weighted by atomic mass is 35.5. The van der Waals surface area contributed by atoms with Crippen LogP contribution in [-0.2, 0) is 0 Å². The molecule has 0 N–H and O–H groups in total. The molecule has 0 atom stereocenters. The lowest BCUT2D eigenvalue weighted by atomic mass is 10.1. The lowest BCUT2D eigenvalue weighted by Crippen LogP contribution is -2.32. The standard InChI is InChI=1S/C15H16ClN3O/c16-15-13(18-9-5-2-6-10-18)11-14(20)19(17-15)12-7-3-1-4-8-12/h1,3-4,7-8,11H,2,5-6,9-10H2. The van der Waals surface area contributed by atoms with Gasteiger partial charge >= 0.3 is 0 Å². The van der Waals surface area contributed by atoms with Gasteiger partial charge in [0.05, 0.1) is 11.4 Å². The summed E-state index contributed by atoms with van der Waals surface area (Å²) in [5, 5.41) is 4.63. The highest BCUT2D eigenvalue weighted by molar-refractivity contribution is 6.31. The number of para-hydroxylation sites is 1. The molecule has 0 unspecified atom stereocenters. The molecule has 4 nitrogen and oxygen atoms in total. The van der Waals surface area contributed by atoms with Gasteiger partial charge in [0.2, 0.25) is 0 Å². The zero-order valence-corrected chi connectivity index (χ0v) is 11.9. The van der Waals surface area contributed by atoms with Crippen molar-refractivity contribution in [3.05, 3.63) is 51.9 Å². The van der Waals surface area contributed by atoms with Crippen molar-refractivity contribution < 1.29 is 0 Å². The molecule has 5 heteroatoms. The summed E-state index contributed by atoms with van der Waals surface area (Å²) in [6.07, 6.45) is 3.51. The topological polar surface area (TPSA) is 38.1 Å². The molecule has 0 aliphatic carbocycles. The molecule has 1 aliphatic heterocycles. The van der Waals surface area contributed by atoms with Gasteiger partial charge in [-0.05, 0) is 31.4 Å². The van der Waals surface area contributed by atoms with E-state index in [1.165, 1.54) is 11.1 Å². The summed E-state index contributed by atoms with van der Waals surface area (Å²) in [6.45, 7) is 1.88. The minimum absolute atomic E-state index is 0.152. The highest BCUT2D eigenvalue weighted by Gasteiger charge is 2.17. The minimum Gasteiger partial charge on any atom is -0.369 e. The van der Waals surface area contributed by atoms with Crippen molar-refractivity contribution >= 4 is 17.3 Å². The SMILES string of the molecule is O=c1cc(N2CCCCC2)c(Cl)nn1-c1ccccc1. The number of rotatable bonds is 2. The van der Waals surface area contributed by atoms with Gasteiger partial charge in [0, 0.05) is 19.2 Å². The zero-order valence-electron chi connectivity index (χ0n) is 11.1. The Kier molecular flexibility index (Phi) is 3.74. The number of nitrogens with zero attached hydrogens (tertiary/aromatic N) is 3. The van der Waals surface area contributed by atoms with Gasteiger partial charge in [-0.2, -0.15) is 9.78 Å². The predicted octanol–water partition coefficient (Wildman–Crippen LogP) is 2.88. The second-order valence-electron chi connectivity index (χ2n) is 4.95. The Morgan fingerprint density at radius 3 is 2.45 bits per heavy atom. The average Bonchev–Trinajstić information content (AvgIpc) is 2.51. The first-order valence-corrected chi connectivity index (χ1v) is 7.24. The van der Waals surface area contributed by atoms with Gasteiger partial charge in [-0.1, -0.05) is 29.8 Å². The van der Waals surface area contributed by atoms with Gasteiger partial charge in [0.15, 0.2) is 5.15 Å². The Morgan fingerprint density at radius 2 is 1.75 bits per heavy atom. The lowest BCUT2D eigenvalue weighted by molar-refractivity contribution is 0.575. The maximum Gasteiger partial charge on any atom is 0.273 e. The number of aromatic nitrogens is 2. The number of hydrogen-bond acceptors (Lipinski definition) is 3. The molecular formula is C15H16ClN3O. The zero-order chi connectivity index (χ0) is 13.9. The first-order chi connectivity index (χ1) is 9.75. The van der Waals surface area contributed by atoms with Crippen LogP contribution in [0.25, 0.3) is 5.69 Å². The third-order valence-corrected chi connectivity index (χ3v) is 3.83. The average molecular weight is 290 g/mol. The molecule has 0 radical (unpaired) electrons. The first kappa shape index (κ1) is 13.2. The van der Waals surface area contributed by atoms with Crippen LogP contribution in [-0.4, -0.2) is 22.9 Å². The van der Waals surface area contributed by atoms with Crippen LogP contribution in [0.4, 0.5) is 5.69 Å². The van der Waals surface area contributed by atoms with E-state index >= 15 is 0 Å². The Hall–Kier alpha value is -1.81. The Balaban J connectivity index is 2.00. The van der Waals surface area contributed by atoms with E-state index in [1.54, 1.807) is 6.07 Å². The van der Waals surface area contributed by atoms with E-state index < -0.39 is 0 Å². The largest absolute Gasteiger partial charge is 0.369 e. The summed E-state index contributed by atoms with van der Waals surface area (Å²) in [5.41, 5.74) is 1.33. The summed E-state index contributed by atoms with van der Waals surface area (Å²) in [6, 6.07) is 10.9. The molecule has 2 heterocycles. The molecule has 1 aromatic heterocycles. The van der Waals surface area contributed by atoms with Crippen LogP contribution in [0.15, 0.2) is 41.2 Å². The van der Waals surface area contributed by atoms with Gasteiger partial charge < -0.3 is 4.90 Å². The molecule has 104 valence electrons. The molecule has 2 aromatic rings.